The Morgan fingerprint density at radius 1 is 1.44 bits per heavy atom. The summed E-state index contributed by atoms with van der Waals surface area (Å²) in [6, 6.07) is 10.1. The van der Waals surface area contributed by atoms with Crippen molar-refractivity contribution in [3.63, 3.8) is 0 Å². The topological polar surface area (TPSA) is 41.6 Å². The molecule has 80 valence electrons. The van der Waals surface area contributed by atoms with Gasteiger partial charge in [-0.05, 0) is 6.07 Å². The highest BCUT2D eigenvalue weighted by molar-refractivity contribution is 9.10. The standard InChI is InChI=1S/C12H10BrN3/c1-16-9(6-7-14)8-15-12(16)10-4-2-3-5-11(10)13/h2-5,8H,6H2,1H3. The molecule has 0 bridgehead atoms. The maximum Gasteiger partial charge on any atom is 0.141 e. The molecule has 0 fully saturated rings. The van der Waals surface area contributed by atoms with Crippen LogP contribution in [0.1, 0.15) is 5.69 Å². The molecular weight excluding hydrogens is 266 g/mol. The quantitative estimate of drug-likeness (QED) is 0.846. The molecule has 1 aromatic carbocycles. The highest BCUT2D eigenvalue weighted by Gasteiger charge is 2.10. The minimum atomic E-state index is 0.383. The van der Waals surface area contributed by atoms with Crippen LogP contribution < -0.4 is 0 Å². The second-order valence-corrected chi connectivity index (χ2v) is 4.30. The Morgan fingerprint density at radius 3 is 2.88 bits per heavy atom. The van der Waals surface area contributed by atoms with Crippen molar-refractivity contribution in [2.45, 2.75) is 6.42 Å². The Balaban J connectivity index is 2.50. The third-order valence-corrected chi connectivity index (χ3v) is 3.15. The summed E-state index contributed by atoms with van der Waals surface area (Å²) in [6.45, 7) is 0. The van der Waals surface area contributed by atoms with Crippen molar-refractivity contribution in [3.05, 3.63) is 40.6 Å². The third kappa shape index (κ3) is 1.86. The zero-order valence-corrected chi connectivity index (χ0v) is 10.4. The van der Waals surface area contributed by atoms with Crippen molar-refractivity contribution in [1.82, 2.24) is 9.55 Å². The molecule has 0 aliphatic carbocycles. The first-order valence-corrected chi connectivity index (χ1v) is 5.65. The van der Waals surface area contributed by atoms with Gasteiger partial charge in [0.15, 0.2) is 0 Å². The van der Waals surface area contributed by atoms with E-state index >= 15 is 0 Å². The number of benzene rings is 1. The molecular formula is C12H10BrN3. The van der Waals surface area contributed by atoms with Crippen LogP contribution in [0.25, 0.3) is 11.4 Å². The molecule has 16 heavy (non-hydrogen) atoms. The lowest BCUT2D eigenvalue weighted by molar-refractivity contribution is 0.863. The van der Waals surface area contributed by atoms with Gasteiger partial charge in [0.2, 0.25) is 0 Å². The van der Waals surface area contributed by atoms with E-state index in [1.54, 1.807) is 6.20 Å². The van der Waals surface area contributed by atoms with E-state index in [1.807, 2.05) is 35.9 Å². The fraction of sp³-hybridized carbons (Fsp3) is 0.167. The molecule has 0 atom stereocenters. The van der Waals surface area contributed by atoms with Gasteiger partial charge >= 0.3 is 0 Å². The highest BCUT2D eigenvalue weighted by atomic mass is 79.9. The van der Waals surface area contributed by atoms with Crippen LogP contribution in [-0.4, -0.2) is 9.55 Å². The van der Waals surface area contributed by atoms with Gasteiger partial charge in [-0.3, -0.25) is 0 Å². The molecule has 0 radical (unpaired) electrons. The Hall–Kier alpha value is -1.60. The van der Waals surface area contributed by atoms with Gasteiger partial charge in [0.1, 0.15) is 5.82 Å². The number of imidazole rings is 1. The highest BCUT2D eigenvalue weighted by Crippen LogP contribution is 2.26. The van der Waals surface area contributed by atoms with Gasteiger partial charge < -0.3 is 4.57 Å². The second-order valence-electron chi connectivity index (χ2n) is 3.45. The van der Waals surface area contributed by atoms with Crippen molar-refractivity contribution >= 4 is 15.9 Å². The van der Waals surface area contributed by atoms with E-state index < -0.39 is 0 Å². The summed E-state index contributed by atoms with van der Waals surface area (Å²) in [7, 11) is 1.93. The van der Waals surface area contributed by atoms with Crippen molar-refractivity contribution in [1.29, 1.82) is 5.26 Å². The first kappa shape index (κ1) is 10.9. The molecule has 0 aliphatic heterocycles. The first-order chi connectivity index (χ1) is 7.74. The van der Waals surface area contributed by atoms with Crippen LogP contribution in [0.2, 0.25) is 0 Å². The van der Waals surface area contributed by atoms with Crippen molar-refractivity contribution in [2.24, 2.45) is 7.05 Å². The average molecular weight is 276 g/mol. The largest absolute Gasteiger partial charge is 0.330 e. The molecule has 4 heteroatoms. The van der Waals surface area contributed by atoms with Crippen LogP contribution >= 0.6 is 15.9 Å². The molecule has 0 aliphatic rings. The summed E-state index contributed by atoms with van der Waals surface area (Å²) in [4.78, 5) is 4.35. The number of hydrogen-bond donors (Lipinski definition) is 0. The maximum atomic E-state index is 8.68. The van der Waals surface area contributed by atoms with Crippen LogP contribution in [0.15, 0.2) is 34.9 Å². The molecule has 0 N–H and O–H groups in total. The van der Waals surface area contributed by atoms with E-state index in [4.69, 9.17) is 5.26 Å². The summed E-state index contributed by atoms with van der Waals surface area (Å²) in [6.07, 6.45) is 2.13. The van der Waals surface area contributed by atoms with E-state index in [2.05, 4.69) is 27.0 Å². The van der Waals surface area contributed by atoms with Crippen LogP contribution in [0.5, 0.6) is 0 Å². The smallest absolute Gasteiger partial charge is 0.141 e. The predicted octanol–water partition coefficient (Wildman–Crippen LogP) is 2.92. The molecule has 0 spiro atoms. The number of hydrogen-bond acceptors (Lipinski definition) is 2. The number of nitriles is 1. The van der Waals surface area contributed by atoms with E-state index in [-0.39, 0.29) is 0 Å². The van der Waals surface area contributed by atoms with Gasteiger partial charge in [-0.25, -0.2) is 4.98 Å². The van der Waals surface area contributed by atoms with Crippen molar-refractivity contribution in [3.8, 4) is 17.5 Å². The van der Waals surface area contributed by atoms with E-state index in [0.29, 0.717) is 6.42 Å². The number of halogens is 1. The van der Waals surface area contributed by atoms with Crippen molar-refractivity contribution in [2.75, 3.05) is 0 Å². The van der Waals surface area contributed by atoms with Crippen LogP contribution in [0, 0.1) is 11.3 Å². The molecule has 1 aromatic heterocycles. The minimum Gasteiger partial charge on any atom is -0.330 e. The number of rotatable bonds is 2. The molecule has 0 saturated heterocycles. The average Bonchev–Trinajstić information content (AvgIpc) is 2.62. The van der Waals surface area contributed by atoms with Crippen molar-refractivity contribution < 1.29 is 0 Å². The minimum absolute atomic E-state index is 0.383. The van der Waals surface area contributed by atoms with Gasteiger partial charge in [-0.15, -0.1) is 0 Å². The zero-order chi connectivity index (χ0) is 11.5. The van der Waals surface area contributed by atoms with E-state index in [9.17, 15) is 0 Å². The Labute approximate surface area is 102 Å². The summed E-state index contributed by atoms with van der Waals surface area (Å²) < 4.78 is 2.95. The summed E-state index contributed by atoms with van der Waals surface area (Å²) >= 11 is 3.50. The van der Waals surface area contributed by atoms with E-state index in [0.717, 1.165) is 21.6 Å². The Bertz CT molecular complexity index is 552. The lowest BCUT2D eigenvalue weighted by Gasteiger charge is -2.05. The number of nitrogens with zero attached hydrogens (tertiary/aromatic N) is 3. The number of aromatic nitrogens is 2. The summed E-state index contributed by atoms with van der Waals surface area (Å²) in [5, 5.41) is 8.68. The Kier molecular flexibility index (Phi) is 3.07. The molecule has 3 nitrogen and oxygen atoms in total. The van der Waals surface area contributed by atoms with Gasteiger partial charge in [-0.1, -0.05) is 34.1 Å². The van der Waals surface area contributed by atoms with Crippen LogP contribution in [-0.2, 0) is 13.5 Å². The lowest BCUT2D eigenvalue weighted by atomic mass is 10.2. The van der Waals surface area contributed by atoms with Gasteiger partial charge in [0, 0.05) is 23.3 Å². The van der Waals surface area contributed by atoms with Crippen LogP contribution in [0.3, 0.4) is 0 Å². The molecule has 0 unspecified atom stereocenters. The maximum absolute atomic E-state index is 8.68. The normalized spacial score (nSPS) is 10.1. The fourth-order valence-corrected chi connectivity index (χ4v) is 2.04. The fourth-order valence-electron chi connectivity index (χ4n) is 1.58. The first-order valence-electron chi connectivity index (χ1n) is 4.86. The molecule has 2 aromatic rings. The second kappa shape index (κ2) is 4.50. The molecule has 1 heterocycles. The zero-order valence-electron chi connectivity index (χ0n) is 8.81. The Morgan fingerprint density at radius 2 is 2.19 bits per heavy atom. The SMILES string of the molecule is Cn1c(CC#N)cnc1-c1ccccc1Br. The summed E-state index contributed by atoms with van der Waals surface area (Å²) in [5.74, 6) is 0.873. The van der Waals surface area contributed by atoms with Crippen LogP contribution in [0.4, 0.5) is 0 Å². The van der Waals surface area contributed by atoms with Gasteiger partial charge in [0.25, 0.3) is 0 Å². The molecule has 2 rings (SSSR count). The predicted molar refractivity (Wildman–Crippen MR) is 65.7 cm³/mol. The third-order valence-electron chi connectivity index (χ3n) is 2.46. The van der Waals surface area contributed by atoms with Gasteiger partial charge in [0.05, 0.1) is 18.2 Å². The van der Waals surface area contributed by atoms with E-state index in [1.165, 1.54) is 0 Å². The monoisotopic (exact) mass is 275 g/mol. The molecule has 0 saturated carbocycles. The lowest BCUT2D eigenvalue weighted by Crippen LogP contribution is -1.98. The molecule has 0 amide bonds. The van der Waals surface area contributed by atoms with Gasteiger partial charge in [-0.2, -0.15) is 5.26 Å². The summed E-state index contributed by atoms with van der Waals surface area (Å²) in [5.41, 5.74) is 1.96.